The molecule has 3 nitrogen and oxygen atoms in total. The molecule has 0 aromatic heterocycles. The van der Waals surface area contributed by atoms with Crippen LogP contribution in [0.4, 0.5) is 5.69 Å². The van der Waals surface area contributed by atoms with Crippen molar-refractivity contribution in [2.75, 3.05) is 11.9 Å². The summed E-state index contributed by atoms with van der Waals surface area (Å²) >= 11 is 0. The normalized spacial score (nSPS) is 26.1. The van der Waals surface area contributed by atoms with Gasteiger partial charge in [0.25, 0.3) is 0 Å². The van der Waals surface area contributed by atoms with Crippen LogP contribution in [0.3, 0.4) is 0 Å². The Labute approximate surface area is 89.3 Å². The average Bonchev–Trinajstić information content (AvgIpc) is 2.33. The highest BCUT2D eigenvalue weighted by Crippen LogP contribution is 2.34. The van der Waals surface area contributed by atoms with Gasteiger partial charge < -0.3 is 10.0 Å². The molecule has 1 amide bonds. The van der Waals surface area contributed by atoms with E-state index in [1.165, 1.54) is 0 Å². The number of amides is 1. The van der Waals surface area contributed by atoms with Crippen molar-refractivity contribution in [1.82, 2.24) is 0 Å². The largest absolute Gasteiger partial charge is 0.388 e. The minimum absolute atomic E-state index is 0.0685. The minimum atomic E-state index is -0.537. The minimum Gasteiger partial charge on any atom is -0.388 e. The van der Waals surface area contributed by atoms with Crippen LogP contribution in [0, 0.1) is 5.92 Å². The van der Waals surface area contributed by atoms with Crippen LogP contribution in [-0.2, 0) is 4.79 Å². The molecule has 1 aromatic rings. The zero-order chi connectivity index (χ0) is 11.0. The summed E-state index contributed by atoms with van der Waals surface area (Å²) in [6, 6.07) is 7.51. The van der Waals surface area contributed by atoms with Crippen molar-refractivity contribution in [2.24, 2.45) is 5.92 Å². The van der Waals surface area contributed by atoms with E-state index < -0.39 is 6.10 Å². The maximum atomic E-state index is 11.9. The van der Waals surface area contributed by atoms with E-state index in [4.69, 9.17) is 0 Å². The molecular weight excluding hydrogens is 190 g/mol. The lowest BCUT2D eigenvalue weighted by molar-refractivity contribution is -0.122. The lowest BCUT2D eigenvalue weighted by Crippen LogP contribution is -2.30. The highest BCUT2D eigenvalue weighted by molar-refractivity contribution is 5.95. The Morgan fingerprint density at radius 2 is 2.07 bits per heavy atom. The Hall–Kier alpha value is -1.35. The molecule has 1 N–H and O–H groups in total. The first-order chi connectivity index (χ1) is 7.11. The number of rotatable bonds is 0. The second-order valence-electron chi connectivity index (χ2n) is 4.11. The number of aliphatic hydroxyl groups excluding tert-OH is 1. The van der Waals surface area contributed by atoms with Gasteiger partial charge in [0.1, 0.15) is 0 Å². The van der Waals surface area contributed by atoms with Gasteiger partial charge in [0.05, 0.1) is 6.10 Å². The number of para-hydroxylation sites is 1. The monoisotopic (exact) mass is 205 g/mol. The molecule has 2 unspecified atom stereocenters. The number of hydrogen-bond acceptors (Lipinski definition) is 2. The predicted octanol–water partition coefficient (Wildman–Crippen LogP) is 1.72. The topological polar surface area (TPSA) is 40.5 Å². The maximum Gasteiger partial charge on any atom is 0.229 e. The first-order valence-electron chi connectivity index (χ1n) is 5.16. The molecule has 80 valence electrons. The number of carbonyl (C=O) groups excluding carboxylic acids is 1. The third-order valence-corrected chi connectivity index (χ3v) is 2.99. The Kier molecular flexibility index (Phi) is 2.49. The van der Waals surface area contributed by atoms with Crippen LogP contribution in [0.15, 0.2) is 24.3 Å². The van der Waals surface area contributed by atoms with E-state index in [0.29, 0.717) is 6.42 Å². The molecule has 15 heavy (non-hydrogen) atoms. The first-order valence-corrected chi connectivity index (χ1v) is 5.16. The van der Waals surface area contributed by atoms with Crippen molar-refractivity contribution < 1.29 is 9.90 Å². The zero-order valence-electron chi connectivity index (χ0n) is 8.97. The summed E-state index contributed by atoms with van der Waals surface area (Å²) in [6.07, 6.45) is -0.0368. The summed E-state index contributed by atoms with van der Waals surface area (Å²) in [5.74, 6) is -0.0589. The van der Waals surface area contributed by atoms with E-state index in [1.807, 2.05) is 31.2 Å². The van der Waals surface area contributed by atoms with Gasteiger partial charge in [-0.05, 0) is 12.5 Å². The summed E-state index contributed by atoms with van der Waals surface area (Å²) in [7, 11) is 1.76. The molecule has 1 heterocycles. The second-order valence-corrected chi connectivity index (χ2v) is 4.11. The number of hydrogen-bond donors (Lipinski definition) is 1. The van der Waals surface area contributed by atoms with Gasteiger partial charge in [-0.25, -0.2) is 0 Å². The molecular formula is C12H15NO2. The smallest absolute Gasteiger partial charge is 0.229 e. The molecule has 0 saturated carbocycles. The van der Waals surface area contributed by atoms with E-state index in [1.54, 1.807) is 11.9 Å². The Morgan fingerprint density at radius 3 is 2.80 bits per heavy atom. The lowest BCUT2D eigenvalue weighted by Gasteiger charge is -2.19. The molecule has 2 atom stereocenters. The van der Waals surface area contributed by atoms with Gasteiger partial charge in [-0.3, -0.25) is 4.79 Å². The second kappa shape index (κ2) is 3.66. The lowest BCUT2D eigenvalue weighted by atomic mass is 9.99. The van der Waals surface area contributed by atoms with E-state index in [0.717, 1.165) is 11.3 Å². The van der Waals surface area contributed by atoms with Crippen molar-refractivity contribution >= 4 is 11.6 Å². The van der Waals surface area contributed by atoms with Gasteiger partial charge >= 0.3 is 0 Å². The molecule has 2 rings (SSSR count). The van der Waals surface area contributed by atoms with E-state index >= 15 is 0 Å². The number of fused-ring (bicyclic) bond motifs is 1. The van der Waals surface area contributed by atoms with Crippen LogP contribution < -0.4 is 4.90 Å². The third kappa shape index (κ3) is 1.63. The third-order valence-electron chi connectivity index (χ3n) is 2.99. The molecule has 0 fully saturated rings. The molecule has 0 radical (unpaired) electrons. The fourth-order valence-electron chi connectivity index (χ4n) is 2.09. The molecule has 1 aromatic carbocycles. The van der Waals surface area contributed by atoms with Gasteiger partial charge in [0, 0.05) is 24.2 Å². The Bertz CT molecular complexity index is 389. The van der Waals surface area contributed by atoms with E-state index in [-0.39, 0.29) is 11.8 Å². The summed E-state index contributed by atoms with van der Waals surface area (Å²) in [5, 5.41) is 9.97. The summed E-state index contributed by atoms with van der Waals surface area (Å²) in [6.45, 7) is 1.86. The van der Waals surface area contributed by atoms with Gasteiger partial charge in [-0.15, -0.1) is 0 Å². The summed E-state index contributed by atoms with van der Waals surface area (Å²) < 4.78 is 0. The molecule has 0 aliphatic carbocycles. The number of anilines is 1. The molecule has 3 heteroatoms. The van der Waals surface area contributed by atoms with Gasteiger partial charge in [0.2, 0.25) is 5.91 Å². The standard InChI is InChI=1S/C12H15NO2/c1-8-7-11(14)9-5-3-4-6-10(9)13(2)12(8)15/h3-6,8,11,14H,7H2,1-2H3. The fraction of sp³-hybridized carbons (Fsp3) is 0.417. The molecule has 0 saturated heterocycles. The molecule has 1 aliphatic heterocycles. The molecule has 0 bridgehead atoms. The predicted molar refractivity (Wildman–Crippen MR) is 58.6 cm³/mol. The SMILES string of the molecule is CC1CC(O)c2ccccc2N(C)C1=O. The van der Waals surface area contributed by atoms with Crippen LogP contribution in [0.2, 0.25) is 0 Å². The average molecular weight is 205 g/mol. The van der Waals surface area contributed by atoms with Crippen LogP contribution in [0.25, 0.3) is 0 Å². The maximum absolute atomic E-state index is 11.9. The first kappa shape index (κ1) is 10.2. The number of nitrogens with zero attached hydrogens (tertiary/aromatic N) is 1. The number of aliphatic hydroxyl groups is 1. The Morgan fingerprint density at radius 1 is 1.40 bits per heavy atom. The quantitative estimate of drug-likeness (QED) is 0.700. The van der Waals surface area contributed by atoms with E-state index in [2.05, 4.69) is 0 Å². The molecule has 0 spiro atoms. The molecule has 1 aliphatic rings. The van der Waals surface area contributed by atoms with Crippen molar-refractivity contribution in [2.45, 2.75) is 19.4 Å². The van der Waals surface area contributed by atoms with Crippen LogP contribution in [0.5, 0.6) is 0 Å². The van der Waals surface area contributed by atoms with Crippen molar-refractivity contribution in [3.8, 4) is 0 Å². The highest BCUT2D eigenvalue weighted by atomic mass is 16.3. The fourth-order valence-corrected chi connectivity index (χ4v) is 2.09. The summed E-state index contributed by atoms with van der Waals surface area (Å²) in [5.41, 5.74) is 1.66. The van der Waals surface area contributed by atoms with Crippen LogP contribution >= 0.6 is 0 Å². The van der Waals surface area contributed by atoms with E-state index in [9.17, 15) is 9.90 Å². The zero-order valence-corrected chi connectivity index (χ0v) is 8.97. The van der Waals surface area contributed by atoms with Crippen LogP contribution in [-0.4, -0.2) is 18.1 Å². The van der Waals surface area contributed by atoms with Crippen molar-refractivity contribution in [3.05, 3.63) is 29.8 Å². The van der Waals surface area contributed by atoms with Crippen molar-refractivity contribution in [3.63, 3.8) is 0 Å². The van der Waals surface area contributed by atoms with Gasteiger partial charge in [-0.1, -0.05) is 25.1 Å². The summed E-state index contributed by atoms with van der Waals surface area (Å²) in [4.78, 5) is 13.5. The number of benzene rings is 1. The van der Waals surface area contributed by atoms with Gasteiger partial charge in [0.15, 0.2) is 0 Å². The van der Waals surface area contributed by atoms with Crippen molar-refractivity contribution in [1.29, 1.82) is 0 Å². The highest BCUT2D eigenvalue weighted by Gasteiger charge is 2.29. The Balaban J connectivity index is 2.52. The van der Waals surface area contributed by atoms with Crippen LogP contribution in [0.1, 0.15) is 25.0 Å². The number of carbonyl (C=O) groups is 1. The van der Waals surface area contributed by atoms with Gasteiger partial charge in [-0.2, -0.15) is 0 Å².